The number of hydrogen-bond acceptors (Lipinski definition) is 3. The topological polar surface area (TPSA) is 67.2 Å². The number of fused-ring (bicyclic) bond motifs is 1. The molecule has 10 heteroatoms. The average molecular weight is 337 g/mol. The minimum Gasteiger partial charge on any atom is -0.297 e. The van der Waals surface area contributed by atoms with Crippen LogP contribution >= 0.6 is 50.5 Å². The third kappa shape index (κ3) is 5.32. The Hall–Kier alpha value is -0.190. The molecule has 5 nitrogen and oxygen atoms in total. The molecule has 0 saturated carbocycles. The van der Waals surface area contributed by atoms with Gasteiger partial charge in [0.1, 0.15) is 10.8 Å². The van der Waals surface area contributed by atoms with E-state index in [1.165, 1.54) is 4.40 Å². The Morgan fingerprint density at radius 1 is 1.41 bits per heavy atom. The summed E-state index contributed by atoms with van der Waals surface area (Å²) in [5.41, 5.74) is 1.10. The molecule has 0 atom stereocenters. The first-order valence-corrected chi connectivity index (χ1v) is 8.90. The van der Waals surface area contributed by atoms with Gasteiger partial charge in [0, 0.05) is 12.3 Å². The monoisotopic (exact) mass is 335 g/mol. The van der Waals surface area contributed by atoms with Gasteiger partial charge in [0.15, 0.2) is 0 Å². The first-order chi connectivity index (χ1) is 7.66. The van der Waals surface area contributed by atoms with E-state index in [0.717, 1.165) is 5.69 Å². The van der Waals surface area contributed by atoms with Crippen molar-refractivity contribution in [3.8, 4) is 0 Å². The Labute approximate surface area is 115 Å². The number of nitrogens with zero attached hydrogens (tertiary/aromatic N) is 2. The largest absolute Gasteiger partial charge is 0.339 e. The van der Waals surface area contributed by atoms with E-state index in [2.05, 4.69) is 43.7 Å². The van der Waals surface area contributed by atoms with Crippen molar-refractivity contribution >= 4 is 56.2 Å². The molecule has 0 radical (unpaired) electrons. The van der Waals surface area contributed by atoms with Crippen LogP contribution in [0.3, 0.4) is 0 Å². The third-order valence-corrected chi connectivity index (χ3v) is 1.76. The fourth-order valence-electron chi connectivity index (χ4n) is 1.09. The molecule has 0 aliphatic carbocycles. The SMILES string of the molecule is Cc1cn2c(=O)[nH]c(Cl)cc2n1.O=P(Cl)(Cl)Cl. The number of H-pyrrole nitrogens is 1. The minimum absolute atomic E-state index is 0.266. The number of nitrogens with one attached hydrogen (secondary N) is 1. The van der Waals surface area contributed by atoms with Crippen LogP contribution in [-0.4, -0.2) is 14.4 Å². The van der Waals surface area contributed by atoms with Crippen molar-refractivity contribution in [2.75, 3.05) is 0 Å². The van der Waals surface area contributed by atoms with Crippen LogP contribution in [0.4, 0.5) is 0 Å². The molecule has 1 N–H and O–H groups in total. The predicted molar refractivity (Wildman–Crippen MR) is 70.7 cm³/mol. The van der Waals surface area contributed by atoms with Crippen molar-refractivity contribution in [3.63, 3.8) is 0 Å². The van der Waals surface area contributed by atoms with Gasteiger partial charge in [0.25, 0.3) is 0 Å². The van der Waals surface area contributed by atoms with Gasteiger partial charge in [-0.1, -0.05) is 11.6 Å². The number of aromatic nitrogens is 3. The Bertz CT molecular complexity index is 623. The summed E-state index contributed by atoms with van der Waals surface area (Å²) in [6.07, 6.45) is 1.66. The predicted octanol–water partition coefficient (Wildman–Crippen LogP) is 3.80. The van der Waals surface area contributed by atoms with Crippen molar-refractivity contribution in [1.82, 2.24) is 14.4 Å². The molecule has 0 amide bonds. The molecular weight excluding hydrogens is 331 g/mol. The Kier molecular flexibility index (Phi) is 4.93. The van der Waals surface area contributed by atoms with E-state index < -0.39 is 5.20 Å². The molecule has 0 spiro atoms. The number of imidazole rings is 1. The maximum absolute atomic E-state index is 11.2. The highest BCUT2D eigenvalue weighted by molar-refractivity contribution is 8.24. The molecule has 94 valence electrons. The fourth-order valence-corrected chi connectivity index (χ4v) is 1.27. The van der Waals surface area contributed by atoms with E-state index in [-0.39, 0.29) is 5.69 Å². The summed E-state index contributed by atoms with van der Waals surface area (Å²) >= 11 is 19.5. The summed E-state index contributed by atoms with van der Waals surface area (Å²) in [5.74, 6) is 0. The fraction of sp³-hybridized carbons (Fsp3) is 0.143. The van der Waals surface area contributed by atoms with Gasteiger partial charge in [0.2, 0.25) is 0 Å². The van der Waals surface area contributed by atoms with Crippen molar-refractivity contribution in [2.45, 2.75) is 6.92 Å². The summed E-state index contributed by atoms with van der Waals surface area (Å²) in [6, 6.07) is 1.61. The second kappa shape index (κ2) is 5.63. The summed E-state index contributed by atoms with van der Waals surface area (Å²) in [5, 5.41) is -2.92. The maximum Gasteiger partial charge on any atom is 0.339 e. The van der Waals surface area contributed by atoms with E-state index >= 15 is 0 Å². The number of aryl methyl sites for hydroxylation is 1. The van der Waals surface area contributed by atoms with E-state index in [0.29, 0.717) is 10.8 Å². The summed E-state index contributed by atoms with van der Waals surface area (Å²) in [6.45, 7) is 1.82. The standard InChI is InChI=1S/C7H6ClN3O.Cl3OP/c1-4-3-11-6(9-4)2-5(8)10-7(11)12;1-5(2,3)4/h2-3H,1H3,(H,10,12);. The molecule has 0 aliphatic heterocycles. The molecule has 0 fully saturated rings. The molecule has 2 aromatic rings. The Morgan fingerprint density at radius 2 is 1.94 bits per heavy atom. The van der Waals surface area contributed by atoms with Crippen LogP contribution in [0.5, 0.6) is 0 Å². The van der Waals surface area contributed by atoms with Crippen molar-refractivity contribution in [1.29, 1.82) is 0 Å². The normalized spacial score (nSPS) is 11.1. The van der Waals surface area contributed by atoms with Gasteiger partial charge in [-0.15, -0.1) is 0 Å². The van der Waals surface area contributed by atoms with Crippen LogP contribution in [0.2, 0.25) is 5.15 Å². The molecule has 0 saturated heterocycles. The van der Waals surface area contributed by atoms with Gasteiger partial charge in [-0.2, -0.15) is 0 Å². The highest BCUT2D eigenvalue weighted by Crippen LogP contribution is 2.61. The van der Waals surface area contributed by atoms with E-state index in [1.807, 2.05) is 6.92 Å². The van der Waals surface area contributed by atoms with Gasteiger partial charge >= 0.3 is 10.9 Å². The molecule has 2 heterocycles. The zero-order valence-electron chi connectivity index (χ0n) is 8.32. The lowest BCUT2D eigenvalue weighted by Crippen LogP contribution is -2.14. The summed E-state index contributed by atoms with van der Waals surface area (Å²) < 4.78 is 10.9. The lowest BCUT2D eigenvalue weighted by atomic mass is 10.6. The number of aromatic amines is 1. The van der Waals surface area contributed by atoms with Gasteiger partial charge in [-0.25, -0.2) is 9.78 Å². The number of hydrogen-bond donors (Lipinski definition) is 1. The quantitative estimate of drug-likeness (QED) is 0.587. The van der Waals surface area contributed by atoms with Crippen molar-refractivity contribution in [2.24, 2.45) is 0 Å². The molecule has 0 bridgehead atoms. The van der Waals surface area contributed by atoms with E-state index in [1.54, 1.807) is 12.3 Å². The Morgan fingerprint density at radius 3 is 2.47 bits per heavy atom. The van der Waals surface area contributed by atoms with Crippen LogP contribution < -0.4 is 5.69 Å². The van der Waals surface area contributed by atoms with Crippen LogP contribution in [-0.2, 0) is 4.57 Å². The minimum atomic E-state index is -3.22. The molecule has 0 unspecified atom stereocenters. The van der Waals surface area contributed by atoms with Gasteiger partial charge in [0.05, 0.1) is 5.69 Å². The molecule has 17 heavy (non-hydrogen) atoms. The lowest BCUT2D eigenvalue weighted by molar-refractivity contribution is 0.600. The van der Waals surface area contributed by atoms with Crippen LogP contribution in [0, 0.1) is 6.92 Å². The van der Waals surface area contributed by atoms with Crippen LogP contribution in [0.15, 0.2) is 17.1 Å². The van der Waals surface area contributed by atoms with Crippen molar-refractivity contribution < 1.29 is 4.57 Å². The first-order valence-electron chi connectivity index (χ1n) is 4.10. The zero-order valence-corrected chi connectivity index (χ0v) is 12.2. The Balaban J connectivity index is 0.000000249. The summed E-state index contributed by atoms with van der Waals surface area (Å²) in [4.78, 5) is 17.7. The lowest BCUT2D eigenvalue weighted by Gasteiger charge is -1.91. The molecule has 0 aromatic carbocycles. The average Bonchev–Trinajstić information content (AvgIpc) is 2.42. The summed E-state index contributed by atoms with van der Waals surface area (Å²) in [7, 11) is 0. The molecule has 0 aliphatic rings. The maximum atomic E-state index is 11.2. The van der Waals surface area contributed by atoms with Gasteiger partial charge in [-0.05, 0) is 40.6 Å². The second-order valence-corrected chi connectivity index (χ2v) is 9.98. The first kappa shape index (κ1) is 14.9. The third-order valence-electron chi connectivity index (χ3n) is 1.55. The molecular formula is C7H6Cl4N3O2P. The van der Waals surface area contributed by atoms with E-state index in [9.17, 15) is 9.36 Å². The van der Waals surface area contributed by atoms with Gasteiger partial charge < -0.3 is 0 Å². The van der Waals surface area contributed by atoms with Gasteiger partial charge in [-0.3, -0.25) is 13.9 Å². The molecule has 2 rings (SSSR count). The second-order valence-electron chi connectivity index (χ2n) is 2.93. The molecule has 2 aromatic heterocycles. The number of halogens is 4. The van der Waals surface area contributed by atoms with Crippen LogP contribution in [0.1, 0.15) is 5.69 Å². The van der Waals surface area contributed by atoms with E-state index in [4.69, 9.17) is 11.6 Å². The smallest absolute Gasteiger partial charge is 0.297 e. The zero-order chi connectivity index (χ0) is 13.2. The van der Waals surface area contributed by atoms with Crippen LogP contribution in [0.25, 0.3) is 5.65 Å². The number of rotatable bonds is 0. The highest BCUT2D eigenvalue weighted by atomic mass is 36.0. The highest BCUT2D eigenvalue weighted by Gasteiger charge is 2.03. The van der Waals surface area contributed by atoms with Crippen molar-refractivity contribution in [3.05, 3.63) is 33.6 Å².